The second kappa shape index (κ2) is 7.37. The number of aromatic nitrogens is 2. The maximum Gasteiger partial charge on any atom is 0.323 e. The van der Waals surface area contributed by atoms with Gasteiger partial charge in [-0.05, 0) is 13.3 Å². The molecule has 0 atom stereocenters. The highest BCUT2D eigenvalue weighted by molar-refractivity contribution is 7.15. The van der Waals surface area contributed by atoms with Crippen LogP contribution in [0.1, 0.15) is 22.5 Å². The largest absolute Gasteiger partial charge is 0.323 e. The normalized spacial score (nSPS) is 15.8. The maximum atomic E-state index is 12.3. The van der Waals surface area contributed by atoms with E-state index in [1.807, 2.05) is 18.0 Å². The Kier molecular flexibility index (Phi) is 5.24. The van der Waals surface area contributed by atoms with Crippen LogP contribution in [-0.2, 0) is 13.0 Å². The molecular weight excluding hydrogens is 330 g/mol. The minimum atomic E-state index is -0.0499. The van der Waals surface area contributed by atoms with E-state index in [4.69, 9.17) is 0 Å². The van der Waals surface area contributed by atoms with Crippen molar-refractivity contribution in [3.63, 3.8) is 0 Å². The Balaban J connectivity index is 1.47. The lowest BCUT2D eigenvalue weighted by Crippen LogP contribution is -2.49. The highest BCUT2D eigenvalue weighted by atomic mass is 32.1. The Labute approximate surface area is 144 Å². The van der Waals surface area contributed by atoms with Gasteiger partial charge >= 0.3 is 6.03 Å². The van der Waals surface area contributed by atoms with E-state index in [0.717, 1.165) is 49.8 Å². The molecule has 1 N–H and O–H groups in total. The van der Waals surface area contributed by atoms with Crippen molar-refractivity contribution in [2.24, 2.45) is 0 Å². The van der Waals surface area contributed by atoms with Gasteiger partial charge in [0.15, 0.2) is 5.13 Å². The predicted molar refractivity (Wildman–Crippen MR) is 94.2 cm³/mol. The fourth-order valence-electron chi connectivity index (χ4n) is 2.52. The molecule has 0 aliphatic carbocycles. The second-order valence-electron chi connectivity index (χ2n) is 5.54. The summed E-state index contributed by atoms with van der Waals surface area (Å²) in [5, 5.41) is 6.80. The van der Waals surface area contributed by atoms with Gasteiger partial charge in [-0.1, -0.05) is 6.92 Å². The van der Waals surface area contributed by atoms with E-state index >= 15 is 0 Å². The van der Waals surface area contributed by atoms with Gasteiger partial charge in [-0.15, -0.1) is 22.7 Å². The Bertz CT molecular complexity index is 660. The van der Waals surface area contributed by atoms with Crippen LogP contribution in [-0.4, -0.2) is 52.0 Å². The molecule has 2 aromatic heterocycles. The first-order valence-corrected chi connectivity index (χ1v) is 9.47. The van der Waals surface area contributed by atoms with E-state index in [-0.39, 0.29) is 6.03 Å². The third-order valence-corrected chi connectivity index (χ3v) is 5.71. The van der Waals surface area contributed by atoms with Crippen molar-refractivity contribution < 1.29 is 4.79 Å². The fraction of sp³-hybridized carbons (Fsp3) is 0.533. The third kappa shape index (κ3) is 4.27. The van der Waals surface area contributed by atoms with Crippen LogP contribution < -0.4 is 5.32 Å². The van der Waals surface area contributed by atoms with Gasteiger partial charge in [-0.25, -0.2) is 14.8 Å². The molecule has 0 spiro atoms. The highest BCUT2D eigenvalue weighted by Gasteiger charge is 2.22. The number of amides is 2. The van der Waals surface area contributed by atoms with Gasteiger partial charge in [0.25, 0.3) is 0 Å². The molecule has 0 aromatic carbocycles. The van der Waals surface area contributed by atoms with E-state index < -0.39 is 0 Å². The molecule has 2 aromatic rings. The number of thiazole rings is 2. The summed E-state index contributed by atoms with van der Waals surface area (Å²) in [4.78, 5) is 26.4. The monoisotopic (exact) mass is 351 g/mol. The number of carbonyl (C=O) groups excluding carboxylic acids is 1. The van der Waals surface area contributed by atoms with E-state index in [1.165, 1.54) is 4.88 Å². The first-order chi connectivity index (χ1) is 11.1. The summed E-state index contributed by atoms with van der Waals surface area (Å²) in [6.45, 7) is 8.21. The lowest BCUT2D eigenvalue weighted by Gasteiger charge is -2.34. The van der Waals surface area contributed by atoms with Crippen molar-refractivity contribution in [1.82, 2.24) is 19.8 Å². The zero-order chi connectivity index (χ0) is 16.2. The van der Waals surface area contributed by atoms with Crippen LogP contribution >= 0.6 is 22.7 Å². The summed E-state index contributed by atoms with van der Waals surface area (Å²) in [5.74, 6) is 0. The number of hydrogen-bond donors (Lipinski definition) is 1. The number of anilines is 1. The molecule has 124 valence electrons. The smallest absolute Gasteiger partial charge is 0.322 e. The number of nitrogens with one attached hydrogen (secondary N) is 1. The van der Waals surface area contributed by atoms with Crippen LogP contribution in [0, 0.1) is 6.92 Å². The minimum absolute atomic E-state index is 0.0499. The van der Waals surface area contributed by atoms with Crippen LogP contribution in [0.3, 0.4) is 0 Å². The SMILES string of the molecule is CCc1cnc(NC(=O)N2CCN(Cc3csc(C)n3)CC2)s1. The standard InChI is InChI=1S/C15H21N5OS2/c1-3-13-8-16-14(23-13)18-15(21)20-6-4-19(5-7-20)9-12-10-22-11(2)17-12/h8,10H,3-7,9H2,1-2H3,(H,16,18,21). The molecule has 3 heterocycles. The number of nitrogens with zero attached hydrogens (tertiary/aromatic N) is 4. The van der Waals surface area contributed by atoms with E-state index in [0.29, 0.717) is 5.13 Å². The molecular formula is C15H21N5OS2. The summed E-state index contributed by atoms with van der Waals surface area (Å²) in [5.41, 5.74) is 1.13. The first kappa shape index (κ1) is 16.4. The van der Waals surface area contributed by atoms with Crippen molar-refractivity contribution >= 4 is 33.8 Å². The third-order valence-electron chi connectivity index (χ3n) is 3.83. The minimum Gasteiger partial charge on any atom is -0.322 e. The molecule has 0 radical (unpaired) electrons. The fourth-order valence-corrected chi connectivity index (χ4v) is 3.86. The van der Waals surface area contributed by atoms with Crippen molar-refractivity contribution in [3.05, 3.63) is 27.2 Å². The number of urea groups is 1. The van der Waals surface area contributed by atoms with Crippen LogP contribution in [0.4, 0.5) is 9.93 Å². The maximum absolute atomic E-state index is 12.3. The van der Waals surface area contributed by atoms with E-state index in [2.05, 4.69) is 32.5 Å². The average molecular weight is 352 g/mol. The van der Waals surface area contributed by atoms with Gasteiger partial charge in [0, 0.05) is 49.2 Å². The Morgan fingerprint density at radius 1 is 1.35 bits per heavy atom. The summed E-state index contributed by atoms with van der Waals surface area (Å²) >= 11 is 3.23. The zero-order valence-electron chi connectivity index (χ0n) is 13.4. The van der Waals surface area contributed by atoms with Crippen molar-refractivity contribution in [1.29, 1.82) is 0 Å². The average Bonchev–Trinajstić information content (AvgIpc) is 3.17. The molecule has 1 fully saturated rings. The molecule has 8 heteroatoms. The van der Waals surface area contributed by atoms with Crippen molar-refractivity contribution in [2.45, 2.75) is 26.8 Å². The Hall–Kier alpha value is -1.51. The van der Waals surface area contributed by atoms with Gasteiger partial charge in [0.2, 0.25) is 0 Å². The number of hydrogen-bond acceptors (Lipinski definition) is 6. The summed E-state index contributed by atoms with van der Waals surface area (Å²) in [6, 6.07) is -0.0499. The number of piperazine rings is 1. The van der Waals surface area contributed by atoms with Crippen molar-refractivity contribution in [3.8, 4) is 0 Å². The molecule has 0 bridgehead atoms. The van der Waals surface area contributed by atoms with Gasteiger partial charge < -0.3 is 4.90 Å². The van der Waals surface area contributed by atoms with Crippen LogP contribution in [0.15, 0.2) is 11.6 Å². The lowest BCUT2D eigenvalue weighted by molar-refractivity contribution is 0.142. The Morgan fingerprint density at radius 2 is 2.13 bits per heavy atom. The number of rotatable bonds is 4. The summed E-state index contributed by atoms with van der Waals surface area (Å²) < 4.78 is 0. The molecule has 0 saturated carbocycles. The first-order valence-electron chi connectivity index (χ1n) is 7.78. The summed E-state index contributed by atoms with van der Waals surface area (Å²) in [7, 11) is 0. The Morgan fingerprint density at radius 3 is 2.74 bits per heavy atom. The molecule has 1 saturated heterocycles. The van der Waals surface area contributed by atoms with Crippen LogP contribution in [0.2, 0.25) is 0 Å². The molecule has 1 aliphatic heterocycles. The van der Waals surface area contributed by atoms with Gasteiger partial charge in [0.1, 0.15) is 0 Å². The van der Waals surface area contributed by atoms with Crippen LogP contribution in [0.5, 0.6) is 0 Å². The zero-order valence-corrected chi connectivity index (χ0v) is 15.0. The molecule has 23 heavy (non-hydrogen) atoms. The van der Waals surface area contributed by atoms with Gasteiger partial charge in [-0.2, -0.15) is 0 Å². The van der Waals surface area contributed by atoms with Gasteiger partial charge in [0.05, 0.1) is 10.7 Å². The topological polar surface area (TPSA) is 61.4 Å². The highest BCUT2D eigenvalue weighted by Crippen LogP contribution is 2.19. The van der Waals surface area contributed by atoms with Crippen molar-refractivity contribution in [2.75, 3.05) is 31.5 Å². The summed E-state index contributed by atoms with van der Waals surface area (Å²) in [6.07, 6.45) is 2.77. The van der Waals surface area contributed by atoms with Crippen LogP contribution in [0.25, 0.3) is 0 Å². The molecule has 1 aliphatic rings. The second-order valence-corrected chi connectivity index (χ2v) is 7.71. The lowest BCUT2D eigenvalue weighted by atomic mass is 10.3. The molecule has 0 unspecified atom stereocenters. The molecule has 6 nitrogen and oxygen atoms in total. The van der Waals surface area contributed by atoms with E-state index in [9.17, 15) is 4.79 Å². The number of aryl methyl sites for hydroxylation is 2. The molecule has 2 amide bonds. The quantitative estimate of drug-likeness (QED) is 0.920. The number of carbonyl (C=O) groups is 1. The molecule has 3 rings (SSSR count). The predicted octanol–water partition coefficient (Wildman–Crippen LogP) is 2.82. The van der Waals surface area contributed by atoms with E-state index in [1.54, 1.807) is 22.7 Å². The van der Waals surface area contributed by atoms with Gasteiger partial charge in [-0.3, -0.25) is 10.2 Å².